The Bertz CT molecular complexity index is 505. The third-order valence-electron chi connectivity index (χ3n) is 2.80. The normalized spacial score (nSPS) is 12.3. The van der Waals surface area contributed by atoms with Gasteiger partial charge in [0.15, 0.2) is 0 Å². The zero-order valence-corrected chi connectivity index (χ0v) is 12.6. The first-order chi connectivity index (χ1) is 10.8. The summed E-state index contributed by atoms with van der Waals surface area (Å²) in [5.74, 6) is -2.51. The Morgan fingerprint density at radius 2 is 1.83 bits per heavy atom. The lowest BCUT2D eigenvalue weighted by molar-refractivity contribution is -0.167. The molecule has 0 radical (unpaired) electrons. The van der Waals surface area contributed by atoms with Gasteiger partial charge in [0.05, 0.1) is 18.9 Å². The SMILES string of the molecule is CCOC(=O)C(CNC(=O)OCc1ccccc1)CC(F)(F)F. The van der Waals surface area contributed by atoms with Crippen LogP contribution in [-0.4, -0.2) is 31.4 Å². The lowest BCUT2D eigenvalue weighted by Gasteiger charge is -2.17. The number of nitrogens with one attached hydrogen (secondary N) is 1. The van der Waals surface area contributed by atoms with Crippen molar-refractivity contribution in [2.24, 2.45) is 5.92 Å². The van der Waals surface area contributed by atoms with Crippen LogP contribution in [0.3, 0.4) is 0 Å². The zero-order chi connectivity index (χ0) is 17.3. The molecule has 0 saturated carbocycles. The predicted octanol–water partition coefficient (Wildman–Crippen LogP) is 3.04. The Labute approximate surface area is 131 Å². The molecule has 0 aliphatic carbocycles. The molecule has 1 aromatic rings. The predicted molar refractivity (Wildman–Crippen MR) is 75.4 cm³/mol. The van der Waals surface area contributed by atoms with E-state index in [9.17, 15) is 22.8 Å². The Kier molecular flexibility index (Phi) is 7.37. The molecule has 0 aliphatic heterocycles. The van der Waals surface area contributed by atoms with Crippen LogP contribution < -0.4 is 5.32 Å². The quantitative estimate of drug-likeness (QED) is 0.779. The second-order valence-corrected chi connectivity index (χ2v) is 4.71. The van der Waals surface area contributed by atoms with Crippen molar-refractivity contribution in [3.8, 4) is 0 Å². The van der Waals surface area contributed by atoms with Crippen LogP contribution in [0, 0.1) is 5.92 Å². The molecule has 0 heterocycles. The van der Waals surface area contributed by atoms with E-state index in [0.29, 0.717) is 0 Å². The van der Waals surface area contributed by atoms with Gasteiger partial charge in [-0.05, 0) is 12.5 Å². The highest BCUT2D eigenvalue weighted by molar-refractivity contribution is 5.74. The lowest BCUT2D eigenvalue weighted by Crippen LogP contribution is -2.36. The maximum Gasteiger partial charge on any atom is 0.407 e. The molecule has 0 aromatic heterocycles. The van der Waals surface area contributed by atoms with Crippen molar-refractivity contribution in [1.29, 1.82) is 0 Å². The fourth-order valence-electron chi connectivity index (χ4n) is 1.76. The summed E-state index contributed by atoms with van der Waals surface area (Å²) < 4.78 is 46.8. The highest BCUT2D eigenvalue weighted by atomic mass is 19.4. The first-order valence-corrected chi connectivity index (χ1v) is 6.99. The van der Waals surface area contributed by atoms with Gasteiger partial charge in [-0.2, -0.15) is 13.2 Å². The molecule has 1 rings (SSSR count). The Morgan fingerprint density at radius 1 is 1.17 bits per heavy atom. The molecule has 0 saturated heterocycles. The minimum Gasteiger partial charge on any atom is -0.466 e. The van der Waals surface area contributed by atoms with Crippen molar-refractivity contribution in [3.63, 3.8) is 0 Å². The number of alkyl halides is 3. The minimum atomic E-state index is -4.53. The van der Waals surface area contributed by atoms with Gasteiger partial charge in [-0.3, -0.25) is 4.79 Å². The molecule has 1 atom stereocenters. The van der Waals surface area contributed by atoms with E-state index in [2.05, 4.69) is 10.1 Å². The summed E-state index contributed by atoms with van der Waals surface area (Å²) in [6, 6.07) is 8.79. The van der Waals surface area contributed by atoms with Gasteiger partial charge in [0.2, 0.25) is 0 Å². The first-order valence-electron chi connectivity index (χ1n) is 6.99. The van der Waals surface area contributed by atoms with E-state index in [-0.39, 0.29) is 13.2 Å². The van der Waals surface area contributed by atoms with Crippen molar-refractivity contribution in [2.75, 3.05) is 13.2 Å². The summed E-state index contributed by atoms with van der Waals surface area (Å²) in [5, 5.41) is 2.15. The van der Waals surface area contributed by atoms with Crippen molar-refractivity contribution < 1.29 is 32.2 Å². The number of alkyl carbamates (subject to hydrolysis) is 1. The summed E-state index contributed by atoms with van der Waals surface area (Å²) >= 11 is 0. The van der Waals surface area contributed by atoms with Crippen LogP contribution in [0.4, 0.5) is 18.0 Å². The van der Waals surface area contributed by atoms with E-state index in [4.69, 9.17) is 4.74 Å². The maximum atomic E-state index is 12.4. The number of hydrogen-bond donors (Lipinski definition) is 1. The largest absolute Gasteiger partial charge is 0.466 e. The van der Waals surface area contributed by atoms with Crippen LogP contribution in [0.5, 0.6) is 0 Å². The number of ether oxygens (including phenoxy) is 2. The second kappa shape index (κ2) is 9.02. The van der Waals surface area contributed by atoms with Crippen LogP contribution in [-0.2, 0) is 20.9 Å². The molecule has 0 bridgehead atoms. The van der Waals surface area contributed by atoms with Crippen molar-refractivity contribution in [2.45, 2.75) is 26.1 Å². The second-order valence-electron chi connectivity index (χ2n) is 4.71. The fraction of sp³-hybridized carbons (Fsp3) is 0.467. The standard InChI is InChI=1S/C15H18F3NO4/c1-2-22-13(20)12(8-15(16,17)18)9-19-14(21)23-10-11-6-4-3-5-7-11/h3-7,12H,2,8-10H2,1H3,(H,19,21). The van der Waals surface area contributed by atoms with E-state index in [0.717, 1.165) is 5.56 Å². The molecular weight excluding hydrogens is 315 g/mol. The van der Waals surface area contributed by atoms with Crippen LogP contribution in [0.2, 0.25) is 0 Å². The van der Waals surface area contributed by atoms with Crippen LogP contribution in [0.15, 0.2) is 30.3 Å². The fourth-order valence-corrected chi connectivity index (χ4v) is 1.76. The summed E-state index contributed by atoms with van der Waals surface area (Å²) in [6.07, 6.45) is -6.80. The topological polar surface area (TPSA) is 64.6 Å². The van der Waals surface area contributed by atoms with Gasteiger partial charge < -0.3 is 14.8 Å². The average molecular weight is 333 g/mol. The molecule has 0 aliphatic rings. The minimum absolute atomic E-state index is 0.0178. The van der Waals surface area contributed by atoms with Gasteiger partial charge in [0.1, 0.15) is 6.61 Å². The van der Waals surface area contributed by atoms with E-state index in [1.54, 1.807) is 30.3 Å². The third kappa shape index (κ3) is 8.08. The monoisotopic (exact) mass is 333 g/mol. The number of benzene rings is 1. The van der Waals surface area contributed by atoms with Gasteiger partial charge in [-0.25, -0.2) is 4.79 Å². The summed E-state index contributed by atoms with van der Waals surface area (Å²) in [5.41, 5.74) is 0.736. The van der Waals surface area contributed by atoms with Crippen molar-refractivity contribution in [3.05, 3.63) is 35.9 Å². The summed E-state index contributed by atoms with van der Waals surface area (Å²) in [6.45, 7) is 0.928. The number of halogens is 3. The maximum absolute atomic E-state index is 12.4. The summed E-state index contributed by atoms with van der Waals surface area (Å²) in [4.78, 5) is 23.0. The van der Waals surface area contributed by atoms with E-state index < -0.39 is 37.1 Å². The molecular formula is C15H18F3NO4. The van der Waals surface area contributed by atoms with E-state index >= 15 is 0 Å². The van der Waals surface area contributed by atoms with Gasteiger partial charge >= 0.3 is 18.2 Å². The number of hydrogen-bond acceptors (Lipinski definition) is 4. The molecule has 1 unspecified atom stereocenters. The average Bonchev–Trinajstić information content (AvgIpc) is 2.49. The lowest BCUT2D eigenvalue weighted by atomic mass is 10.1. The van der Waals surface area contributed by atoms with Gasteiger partial charge in [-0.15, -0.1) is 0 Å². The zero-order valence-electron chi connectivity index (χ0n) is 12.6. The van der Waals surface area contributed by atoms with Gasteiger partial charge in [-0.1, -0.05) is 30.3 Å². The number of esters is 1. The van der Waals surface area contributed by atoms with Gasteiger partial charge in [0, 0.05) is 6.54 Å². The molecule has 0 spiro atoms. The van der Waals surface area contributed by atoms with Crippen LogP contribution in [0.25, 0.3) is 0 Å². The highest BCUT2D eigenvalue weighted by Crippen LogP contribution is 2.25. The third-order valence-corrected chi connectivity index (χ3v) is 2.80. The smallest absolute Gasteiger partial charge is 0.407 e. The number of amides is 1. The molecule has 23 heavy (non-hydrogen) atoms. The molecule has 128 valence electrons. The van der Waals surface area contributed by atoms with Crippen molar-refractivity contribution in [1.82, 2.24) is 5.32 Å². The number of carbonyl (C=O) groups is 2. The van der Waals surface area contributed by atoms with Crippen LogP contribution >= 0.6 is 0 Å². The van der Waals surface area contributed by atoms with Crippen molar-refractivity contribution >= 4 is 12.1 Å². The van der Waals surface area contributed by atoms with Crippen LogP contribution in [0.1, 0.15) is 18.9 Å². The molecule has 8 heteroatoms. The van der Waals surface area contributed by atoms with E-state index in [1.807, 2.05) is 0 Å². The Balaban J connectivity index is 2.46. The first kappa shape index (κ1) is 18.8. The number of rotatable bonds is 7. The Hall–Kier alpha value is -2.25. The molecule has 1 aromatic carbocycles. The van der Waals surface area contributed by atoms with E-state index in [1.165, 1.54) is 6.92 Å². The molecule has 5 nitrogen and oxygen atoms in total. The van der Waals surface area contributed by atoms with Gasteiger partial charge in [0.25, 0.3) is 0 Å². The summed E-state index contributed by atoms with van der Waals surface area (Å²) in [7, 11) is 0. The number of carbonyl (C=O) groups excluding carboxylic acids is 2. The molecule has 1 N–H and O–H groups in total. The molecule has 1 amide bonds. The molecule has 0 fully saturated rings. The Morgan fingerprint density at radius 3 is 2.39 bits per heavy atom. The highest BCUT2D eigenvalue weighted by Gasteiger charge is 2.36.